The predicted molar refractivity (Wildman–Crippen MR) is 101 cm³/mol. The fraction of sp³-hybridized carbons (Fsp3) is 0.350. The summed E-state index contributed by atoms with van der Waals surface area (Å²) in [5.41, 5.74) is 0. The molecule has 2 aromatic carbocycles. The minimum absolute atomic E-state index is 0.0106. The first-order valence-electron chi connectivity index (χ1n) is 8.95. The van der Waals surface area contributed by atoms with E-state index in [-0.39, 0.29) is 17.2 Å². The van der Waals surface area contributed by atoms with Crippen molar-refractivity contribution in [3.63, 3.8) is 0 Å². The van der Waals surface area contributed by atoms with Crippen LogP contribution >= 0.6 is 0 Å². The van der Waals surface area contributed by atoms with Gasteiger partial charge in [-0.3, -0.25) is 4.79 Å². The number of hydrogen-bond acceptors (Lipinski definition) is 4. The second-order valence-electron chi connectivity index (χ2n) is 6.62. The van der Waals surface area contributed by atoms with Crippen LogP contribution in [0.2, 0.25) is 0 Å². The lowest BCUT2D eigenvalue weighted by molar-refractivity contribution is -0.139. The van der Waals surface area contributed by atoms with Gasteiger partial charge in [0.25, 0.3) is 0 Å². The predicted octanol–water partition coefficient (Wildman–Crippen LogP) is 3.01. The summed E-state index contributed by atoms with van der Waals surface area (Å²) in [7, 11) is -3.52. The molecule has 0 amide bonds. The summed E-state index contributed by atoms with van der Waals surface area (Å²) in [4.78, 5) is 11.5. The van der Waals surface area contributed by atoms with Gasteiger partial charge in [0.1, 0.15) is 11.9 Å². The molecule has 1 fully saturated rings. The lowest BCUT2D eigenvalue weighted by atomic mass is 9.90. The number of piperidine rings is 1. The van der Waals surface area contributed by atoms with Gasteiger partial charge in [-0.25, -0.2) is 8.42 Å². The van der Waals surface area contributed by atoms with E-state index in [9.17, 15) is 18.3 Å². The van der Waals surface area contributed by atoms with Crippen LogP contribution in [0.15, 0.2) is 65.6 Å². The fourth-order valence-electron chi connectivity index (χ4n) is 3.38. The summed E-state index contributed by atoms with van der Waals surface area (Å²) in [5.74, 6) is -0.304. The van der Waals surface area contributed by atoms with Crippen LogP contribution in [0.4, 0.5) is 0 Å². The SMILES string of the molecule is O=C(O)CC(Oc1ccccc1)C1CCN(S(=O)(=O)c2ccccc2)CC1. The van der Waals surface area contributed by atoms with Crippen LogP contribution in [-0.4, -0.2) is 43.0 Å². The van der Waals surface area contributed by atoms with Gasteiger partial charge in [0.05, 0.1) is 11.3 Å². The molecule has 1 aliphatic rings. The Labute approximate surface area is 159 Å². The minimum atomic E-state index is -3.52. The largest absolute Gasteiger partial charge is 0.490 e. The highest BCUT2D eigenvalue weighted by molar-refractivity contribution is 7.89. The first kappa shape index (κ1) is 19.4. The van der Waals surface area contributed by atoms with Gasteiger partial charge < -0.3 is 9.84 Å². The molecule has 7 heteroatoms. The zero-order chi connectivity index (χ0) is 19.3. The number of para-hydroxylation sites is 1. The number of sulfonamides is 1. The van der Waals surface area contributed by atoms with Gasteiger partial charge in [0.2, 0.25) is 10.0 Å². The Hall–Kier alpha value is -2.38. The summed E-state index contributed by atoms with van der Waals surface area (Å²) < 4.78 is 32.9. The van der Waals surface area contributed by atoms with Crippen LogP contribution in [0.1, 0.15) is 19.3 Å². The molecule has 1 aliphatic heterocycles. The second kappa shape index (κ2) is 8.54. The highest BCUT2D eigenvalue weighted by Gasteiger charge is 2.34. The van der Waals surface area contributed by atoms with E-state index in [2.05, 4.69) is 0 Å². The number of carbonyl (C=O) groups is 1. The van der Waals surface area contributed by atoms with E-state index in [0.717, 1.165) is 0 Å². The Morgan fingerprint density at radius 3 is 2.15 bits per heavy atom. The first-order chi connectivity index (χ1) is 13.0. The Morgan fingerprint density at radius 2 is 1.59 bits per heavy atom. The highest BCUT2D eigenvalue weighted by atomic mass is 32.2. The van der Waals surface area contributed by atoms with Crippen LogP contribution in [0.5, 0.6) is 5.75 Å². The molecule has 3 rings (SSSR count). The monoisotopic (exact) mass is 389 g/mol. The second-order valence-corrected chi connectivity index (χ2v) is 8.56. The van der Waals surface area contributed by atoms with Gasteiger partial charge in [-0.2, -0.15) is 4.31 Å². The van der Waals surface area contributed by atoms with Crippen molar-refractivity contribution in [3.05, 3.63) is 60.7 Å². The van der Waals surface area contributed by atoms with Crippen molar-refractivity contribution in [1.29, 1.82) is 0 Å². The number of carboxylic acids is 1. The molecular formula is C20H23NO5S. The average Bonchev–Trinajstić information content (AvgIpc) is 2.69. The van der Waals surface area contributed by atoms with Gasteiger partial charge in [0, 0.05) is 13.1 Å². The molecule has 144 valence electrons. The molecule has 0 bridgehead atoms. The first-order valence-corrected chi connectivity index (χ1v) is 10.4. The minimum Gasteiger partial charge on any atom is -0.490 e. The molecule has 0 aliphatic carbocycles. The Balaban J connectivity index is 1.67. The van der Waals surface area contributed by atoms with Crippen molar-refractivity contribution < 1.29 is 23.1 Å². The number of hydrogen-bond donors (Lipinski definition) is 1. The van der Waals surface area contributed by atoms with E-state index >= 15 is 0 Å². The maximum absolute atomic E-state index is 12.7. The van der Waals surface area contributed by atoms with Gasteiger partial charge in [-0.15, -0.1) is 0 Å². The lowest BCUT2D eigenvalue weighted by Crippen LogP contribution is -2.43. The molecule has 27 heavy (non-hydrogen) atoms. The third-order valence-electron chi connectivity index (χ3n) is 4.81. The summed E-state index contributed by atoms with van der Waals surface area (Å²) in [6.45, 7) is 0.715. The topological polar surface area (TPSA) is 83.9 Å². The third-order valence-corrected chi connectivity index (χ3v) is 6.72. The molecule has 1 unspecified atom stereocenters. The zero-order valence-corrected chi connectivity index (χ0v) is 15.7. The van der Waals surface area contributed by atoms with Crippen LogP contribution in [-0.2, 0) is 14.8 Å². The molecule has 0 radical (unpaired) electrons. The molecule has 1 heterocycles. The van der Waals surface area contributed by atoms with E-state index in [1.807, 2.05) is 18.2 Å². The van der Waals surface area contributed by atoms with Gasteiger partial charge in [0.15, 0.2) is 0 Å². The maximum Gasteiger partial charge on any atom is 0.307 e. The molecule has 2 aromatic rings. The third kappa shape index (κ3) is 4.87. The summed E-state index contributed by atoms with van der Waals surface area (Å²) in [5, 5.41) is 9.24. The number of benzene rings is 2. The Bertz CT molecular complexity index is 846. The van der Waals surface area contributed by atoms with Crippen molar-refractivity contribution in [1.82, 2.24) is 4.31 Å². The van der Waals surface area contributed by atoms with Gasteiger partial charge >= 0.3 is 5.97 Å². The smallest absolute Gasteiger partial charge is 0.307 e. The average molecular weight is 389 g/mol. The van der Waals surface area contributed by atoms with Crippen molar-refractivity contribution in [2.24, 2.45) is 5.92 Å². The molecular weight excluding hydrogens is 366 g/mol. The quantitative estimate of drug-likeness (QED) is 0.787. The van der Waals surface area contributed by atoms with Gasteiger partial charge in [-0.1, -0.05) is 36.4 Å². The van der Waals surface area contributed by atoms with E-state index in [4.69, 9.17) is 4.74 Å². The Kier molecular flexibility index (Phi) is 6.13. The van der Waals surface area contributed by atoms with Gasteiger partial charge in [-0.05, 0) is 43.0 Å². The van der Waals surface area contributed by atoms with Crippen LogP contribution in [0.25, 0.3) is 0 Å². The van der Waals surface area contributed by atoms with Crippen molar-refractivity contribution in [2.45, 2.75) is 30.3 Å². The maximum atomic E-state index is 12.7. The van der Waals surface area contributed by atoms with Crippen LogP contribution < -0.4 is 4.74 Å². The standard InChI is InChI=1S/C20H23NO5S/c22-20(23)15-19(26-17-7-3-1-4-8-17)16-11-13-21(14-12-16)27(24,25)18-9-5-2-6-10-18/h1-10,16,19H,11-15H2,(H,22,23). The summed E-state index contributed by atoms with van der Waals surface area (Å²) in [6.07, 6.45) is 0.546. The Morgan fingerprint density at radius 1 is 1.04 bits per heavy atom. The van der Waals surface area contributed by atoms with Crippen molar-refractivity contribution in [3.8, 4) is 5.75 Å². The fourth-order valence-corrected chi connectivity index (χ4v) is 4.87. The normalized spacial score (nSPS) is 17.3. The number of carboxylic acid groups (broad SMARTS) is 1. The number of aliphatic carboxylic acids is 1. The molecule has 6 nitrogen and oxygen atoms in total. The molecule has 0 spiro atoms. The molecule has 0 saturated carbocycles. The van der Waals surface area contributed by atoms with Crippen LogP contribution in [0, 0.1) is 5.92 Å². The number of ether oxygens (including phenoxy) is 1. The van der Waals surface area contributed by atoms with Crippen molar-refractivity contribution >= 4 is 16.0 Å². The molecule has 1 N–H and O–H groups in total. The van der Waals surface area contributed by atoms with E-state index < -0.39 is 22.1 Å². The molecule has 1 atom stereocenters. The number of nitrogens with zero attached hydrogens (tertiary/aromatic N) is 1. The summed E-state index contributed by atoms with van der Waals surface area (Å²) >= 11 is 0. The summed E-state index contributed by atoms with van der Waals surface area (Å²) in [6, 6.07) is 17.5. The van der Waals surface area contributed by atoms with E-state index in [0.29, 0.717) is 31.7 Å². The van der Waals surface area contributed by atoms with E-state index in [1.54, 1.807) is 42.5 Å². The number of rotatable bonds is 7. The highest BCUT2D eigenvalue weighted by Crippen LogP contribution is 2.29. The molecule has 0 aromatic heterocycles. The van der Waals surface area contributed by atoms with E-state index in [1.165, 1.54) is 4.31 Å². The van der Waals surface area contributed by atoms with Crippen molar-refractivity contribution in [2.75, 3.05) is 13.1 Å². The zero-order valence-electron chi connectivity index (χ0n) is 14.9. The van der Waals surface area contributed by atoms with Crippen LogP contribution in [0.3, 0.4) is 0 Å². The lowest BCUT2D eigenvalue weighted by Gasteiger charge is -2.35. The molecule has 1 saturated heterocycles.